The van der Waals surface area contributed by atoms with Crippen LogP contribution < -0.4 is 9.80 Å². The van der Waals surface area contributed by atoms with Crippen molar-refractivity contribution in [1.82, 2.24) is 19.9 Å². The summed E-state index contributed by atoms with van der Waals surface area (Å²) in [5.41, 5.74) is 2.36. The summed E-state index contributed by atoms with van der Waals surface area (Å²) in [5, 5.41) is 10.2. The number of nitrogens with zero attached hydrogens (tertiary/aromatic N) is 6. The van der Waals surface area contributed by atoms with Gasteiger partial charge in [0.1, 0.15) is 29.7 Å². The average molecular weight is 359 g/mol. The summed E-state index contributed by atoms with van der Waals surface area (Å²) in [5.74, 6) is 3.30. The summed E-state index contributed by atoms with van der Waals surface area (Å²) in [4.78, 5) is 21.5. The lowest BCUT2D eigenvalue weighted by Gasteiger charge is -2.35. The second kappa shape index (κ2) is 6.23. The molecule has 27 heavy (non-hydrogen) atoms. The fourth-order valence-electron chi connectivity index (χ4n) is 4.50. The highest BCUT2D eigenvalue weighted by molar-refractivity contribution is 5.87. The predicted octanol–water partition coefficient (Wildman–Crippen LogP) is 2.50. The van der Waals surface area contributed by atoms with E-state index in [0.717, 1.165) is 61.0 Å². The molecule has 2 fully saturated rings. The van der Waals surface area contributed by atoms with E-state index in [2.05, 4.69) is 41.9 Å². The van der Waals surface area contributed by atoms with E-state index >= 15 is 0 Å². The number of hydrogen-bond acceptors (Lipinski definition) is 6. The van der Waals surface area contributed by atoms with Crippen LogP contribution in [-0.4, -0.2) is 46.1 Å². The SMILES string of the molecule is Cc1nc(N2CC3CCN(c4ncnc5[nH]ccc45)CC3C2)ccc1C#N. The third-order valence-electron chi connectivity index (χ3n) is 5.95. The van der Waals surface area contributed by atoms with E-state index in [-0.39, 0.29) is 0 Å². The first-order chi connectivity index (χ1) is 13.2. The predicted molar refractivity (Wildman–Crippen MR) is 104 cm³/mol. The molecule has 0 aliphatic carbocycles. The second-order valence-corrected chi connectivity index (χ2v) is 7.51. The van der Waals surface area contributed by atoms with Crippen molar-refractivity contribution in [3.05, 3.63) is 42.0 Å². The van der Waals surface area contributed by atoms with Crippen molar-refractivity contribution >= 4 is 22.7 Å². The summed E-state index contributed by atoms with van der Waals surface area (Å²) >= 11 is 0. The maximum absolute atomic E-state index is 9.12. The van der Waals surface area contributed by atoms with Gasteiger partial charge in [0, 0.05) is 32.4 Å². The van der Waals surface area contributed by atoms with E-state index in [9.17, 15) is 0 Å². The van der Waals surface area contributed by atoms with Crippen molar-refractivity contribution in [3.63, 3.8) is 0 Å². The standard InChI is InChI=1S/C20H21N7/c1-13-14(8-21)2-3-18(25-13)27-9-15-5-7-26(10-16(15)11-27)20-17-4-6-22-19(17)23-12-24-20/h2-4,6,12,15-16H,5,7,9-11H2,1H3,(H,22,23,24). The minimum Gasteiger partial charge on any atom is -0.356 e. The van der Waals surface area contributed by atoms with Crippen LogP contribution in [0.4, 0.5) is 11.6 Å². The number of aromatic amines is 1. The average Bonchev–Trinajstić information content (AvgIpc) is 3.33. The Bertz CT molecular complexity index is 1030. The van der Waals surface area contributed by atoms with Gasteiger partial charge < -0.3 is 14.8 Å². The lowest BCUT2D eigenvalue weighted by atomic mass is 9.88. The second-order valence-electron chi connectivity index (χ2n) is 7.51. The molecule has 2 aliphatic heterocycles. The molecule has 0 aromatic carbocycles. The maximum atomic E-state index is 9.12. The molecule has 0 saturated carbocycles. The molecule has 0 radical (unpaired) electrons. The molecule has 1 N–H and O–H groups in total. The Labute approximate surface area is 157 Å². The van der Waals surface area contributed by atoms with Gasteiger partial charge in [0.15, 0.2) is 0 Å². The van der Waals surface area contributed by atoms with Crippen LogP contribution in [0.15, 0.2) is 30.7 Å². The van der Waals surface area contributed by atoms with Gasteiger partial charge in [0.25, 0.3) is 0 Å². The first kappa shape index (κ1) is 16.1. The monoisotopic (exact) mass is 359 g/mol. The smallest absolute Gasteiger partial charge is 0.142 e. The third kappa shape index (κ3) is 2.69. The summed E-state index contributed by atoms with van der Waals surface area (Å²) in [6.07, 6.45) is 4.73. The molecule has 7 nitrogen and oxygen atoms in total. The van der Waals surface area contributed by atoms with E-state index in [1.54, 1.807) is 6.33 Å². The van der Waals surface area contributed by atoms with Gasteiger partial charge in [-0.2, -0.15) is 5.26 Å². The number of H-pyrrole nitrogens is 1. The Kier molecular flexibility index (Phi) is 3.71. The van der Waals surface area contributed by atoms with E-state index in [1.165, 1.54) is 0 Å². The van der Waals surface area contributed by atoms with E-state index in [1.807, 2.05) is 25.3 Å². The van der Waals surface area contributed by atoms with E-state index in [4.69, 9.17) is 5.26 Å². The number of fused-ring (bicyclic) bond motifs is 2. The topological polar surface area (TPSA) is 84.7 Å². The van der Waals surface area contributed by atoms with Crippen LogP contribution in [0.2, 0.25) is 0 Å². The van der Waals surface area contributed by atoms with Crippen molar-refractivity contribution in [1.29, 1.82) is 5.26 Å². The van der Waals surface area contributed by atoms with Crippen LogP contribution >= 0.6 is 0 Å². The van der Waals surface area contributed by atoms with E-state index in [0.29, 0.717) is 17.4 Å². The van der Waals surface area contributed by atoms with Crippen molar-refractivity contribution in [2.45, 2.75) is 13.3 Å². The van der Waals surface area contributed by atoms with Crippen LogP contribution in [0.25, 0.3) is 11.0 Å². The Hall–Kier alpha value is -3.14. The number of hydrogen-bond donors (Lipinski definition) is 1. The van der Waals surface area contributed by atoms with Crippen molar-refractivity contribution in [2.75, 3.05) is 36.0 Å². The van der Waals surface area contributed by atoms with Crippen LogP contribution in [0.3, 0.4) is 0 Å². The molecular formula is C20H21N7. The van der Waals surface area contributed by atoms with Crippen LogP contribution in [-0.2, 0) is 0 Å². The molecule has 3 aromatic heterocycles. The molecule has 2 saturated heterocycles. The van der Waals surface area contributed by atoms with Gasteiger partial charge in [-0.15, -0.1) is 0 Å². The fourth-order valence-corrected chi connectivity index (χ4v) is 4.50. The zero-order valence-electron chi connectivity index (χ0n) is 15.3. The van der Waals surface area contributed by atoms with Gasteiger partial charge in [-0.3, -0.25) is 0 Å². The van der Waals surface area contributed by atoms with Gasteiger partial charge >= 0.3 is 0 Å². The number of nitriles is 1. The molecule has 136 valence electrons. The van der Waals surface area contributed by atoms with Crippen LogP contribution in [0.1, 0.15) is 17.7 Å². The number of rotatable bonds is 2. The zero-order chi connectivity index (χ0) is 18.4. The zero-order valence-corrected chi connectivity index (χ0v) is 15.3. The Balaban J connectivity index is 1.36. The minimum absolute atomic E-state index is 0.598. The number of pyridine rings is 1. The van der Waals surface area contributed by atoms with Crippen molar-refractivity contribution in [2.24, 2.45) is 11.8 Å². The number of piperidine rings is 1. The number of anilines is 2. The van der Waals surface area contributed by atoms with Crippen LogP contribution in [0.5, 0.6) is 0 Å². The van der Waals surface area contributed by atoms with E-state index < -0.39 is 0 Å². The highest BCUT2D eigenvalue weighted by Crippen LogP contribution is 2.36. The quantitative estimate of drug-likeness (QED) is 0.757. The van der Waals surface area contributed by atoms with Gasteiger partial charge in [0.2, 0.25) is 0 Å². The number of aryl methyl sites for hydroxylation is 1. The normalized spacial score (nSPS) is 22.1. The molecule has 5 rings (SSSR count). The highest BCUT2D eigenvalue weighted by Gasteiger charge is 2.38. The Morgan fingerprint density at radius 3 is 2.81 bits per heavy atom. The molecular weight excluding hydrogens is 338 g/mol. The summed E-state index contributed by atoms with van der Waals surface area (Å²) < 4.78 is 0. The molecule has 2 aliphatic rings. The first-order valence-electron chi connectivity index (χ1n) is 9.38. The molecule has 2 atom stereocenters. The number of nitrogens with one attached hydrogen (secondary N) is 1. The first-order valence-corrected chi connectivity index (χ1v) is 9.38. The van der Waals surface area contributed by atoms with Gasteiger partial charge in [0.05, 0.1) is 16.6 Å². The van der Waals surface area contributed by atoms with Crippen LogP contribution in [0, 0.1) is 30.1 Å². The summed E-state index contributed by atoms with van der Waals surface area (Å²) in [6.45, 7) is 5.98. The fraction of sp³-hybridized carbons (Fsp3) is 0.400. The lowest BCUT2D eigenvalue weighted by molar-refractivity contribution is 0.348. The lowest BCUT2D eigenvalue weighted by Crippen LogP contribution is -2.40. The minimum atomic E-state index is 0.598. The third-order valence-corrected chi connectivity index (χ3v) is 5.95. The largest absolute Gasteiger partial charge is 0.356 e. The molecule has 0 spiro atoms. The highest BCUT2D eigenvalue weighted by atomic mass is 15.3. The molecule has 3 aromatic rings. The van der Waals surface area contributed by atoms with Gasteiger partial charge in [-0.25, -0.2) is 15.0 Å². The molecule has 0 bridgehead atoms. The van der Waals surface area contributed by atoms with Crippen molar-refractivity contribution in [3.8, 4) is 6.07 Å². The summed E-state index contributed by atoms with van der Waals surface area (Å²) in [7, 11) is 0. The molecule has 7 heteroatoms. The summed E-state index contributed by atoms with van der Waals surface area (Å²) in [6, 6.07) is 8.12. The number of aromatic nitrogens is 4. The molecule has 5 heterocycles. The molecule has 0 amide bonds. The Morgan fingerprint density at radius 1 is 1.11 bits per heavy atom. The Morgan fingerprint density at radius 2 is 1.96 bits per heavy atom. The molecule has 2 unspecified atom stereocenters. The van der Waals surface area contributed by atoms with Crippen molar-refractivity contribution < 1.29 is 0 Å². The maximum Gasteiger partial charge on any atom is 0.142 e. The van der Waals surface area contributed by atoms with Gasteiger partial charge in [-0.05, 0) is 43.4 Å². The van der Waals surface area contributed by atoms with Gasteiger partial charge in [-0.1, -0.05) is 0 Å².